The van der Waals surface area contributed by atoms with Crippen LogP contribution in [0.15, 0.2) is 23.8 Å². The molecule has 1 atom stereocenters. The smallest absolute Gasteiger partial charge is 0.142 e. The Hall–Kier alpha value is -0.930. The first kappa shape index (κ1) is 14.5. The molecule has 1 aliphatic rings. The maximum absolute atomic E-state index is 14.0. The molecule has 104 valence electrons. The predicted octanol–water partition coefficient (Wildman–Crippen LogP) is 4.77. The summed E-state index contributed by atoms with van der Waals surface area (Å²) in [6.07, 6.45) is 7.54. The zero-order valence-electron chi connectivity index (χ0n) is 11.0. The fraction of sp³-hybridized carbons (Fsp3) is 0.467. The molecule has 0 saturated heterocycles. The van der Waals surface area contributed by atoms with Crippen molar-refractivity contribution in [1.29, 1.82) is 0 Å². The van der Waals surface area contributed by atoms with Crippen LogP contribution < -0.4 is 5.32 Å². The maximum atomic E-state index is 14.0. The van der Waals surface area contributed by atoms with Crippen LogP contribution in [-0.2, 0) is 0 Å². The molecule has 2 rings (SSSR count). The molecule has 1 nitrogen and oxygen atoms in total. The van der Waals surface area contributed by atoms with Crippen molar-refractivity contribution in [2.45, 2.75) is 38.1 Å². The third kappa shape index (κ3) is 3.34. The molecule has 19 heavy (non-hydrogen) atoms. The molecule has 1 unspecified atom stereocenters. The van der Waals surface area contributed by atoms with Gasteiger partial charge in [0.15, 0.2) is 0 Å². The first-order valence-corrected chi connectivity index (χ1v) is 7.02. The summed E-state index contributed by atoms with van der Waals surface area (Å²) in [5.74, 6) is -1.04. The minimum atomic E-state index is -0.576. The van der Waals surface area contributed by atoms with Crippen LogP contribution in [0.4, 0.5) is 8.78 Å². The van der Waals surface area contributed by atoms with Gasteiger partial charge >= 0.3 is 0 Å². The molecule has 0 saturated carbocycles. The van der Waals surface area contributed by atoms with Crippen LogP contribution >= 0.6 is 11.6 Å². The van der Waals surface area contributed by atoms with Gasteiger partial charge in [0.2, 0.25) is 0 Å². The van der Waals surface area contributed by atoms with Crippen molar-refractivity contribution in [2.24, 2.45) is 0 Å². The van der Waals surface area contributed by atoms with E-state index in [-0.39, 0.29) is 11.1 Å². The molecule has 1 aromatic rings. The molecule has 0 bridgehead atoms. The van der Waals surface area contributed by atoms with Gasteiger partial charge in [-0.05, 0) is 44.9 Å². The molecule has 0 aromatic heterocycles. The first-order chi connectivity index (χ1) is 9.13. The average Bonchev–Trinajstić information content (AvgIpc) is 2.65. The number of hydrogen-bond donors (Lipinski definition) is 1. The highest BCUT2D eigenvalue weighted by molar-refractivity contribution is 6.30. The number of halogens is 3. The van der Waals surface area contributed by atoms with E-state index in [0.29, 0.717) is 5.56 Å². The number of nitrogens with one attached hydrogen (secondary N) is 1. The Balaban J connectivity index is 2.36. The van der Waals surface area contributed by atoms with Gasteiger partial charge in [-0.1, -0.05) is 29.7 Å². The lowest BCUT2D eigenvalue weighted by Crippen LogP contribution is -2.20. The summed E-state index contributed by atoms with van der Waals surface area (Å²) < 4.78 is 27.6. The van der Waals surface area contributed by atoms with Crippen molar-refractivity contribution >= 4 is 11.6 Å². The van der Waals surface area contributed by atoms with Crippen LogP contribution in [0.3, 0.4) is 0 Å². The highest BCUT2D eigenvalue weighted by atomic mass is 35.5. The van der Waals surface area contributed by atoms with E-state index in [4.69, 9.17) is 11.6 Å². The quantitative estimate of drug-likeness (QED) is 0.623. The lowest BCUT2D eigenvalue weighted by Gasteiger charge is -2.21. The van der Waals surface area contributed by atoms with E-state index < -0.39 is 11.6 Å². The Morgan fingerprint density at radius 1 is 1.16 bits per heavy atom. The van der Waals surface area contributed by atoms with E-state index in [0.717, 1.165) is 37.3 Å². The molecule has 0 aliphatic heterocycles. The van der Waals surface area contributed by atoms with Crippen LogP contribution in [0.2, 0.25) is 5.02 Å². The fourth-order valence-corrected chi connectivity index (χ4v) is 2.75. The molecular weight excluding hydrogens is 268 g/mol. The van der Waals surface area contributed by atoms with Gasteiger partial charge in [0.25, 0.3) is 0 Å². The Labute approximate surface area is 117 Å². The van der Waals surface area contributed by atoms with E-state index in [9.17, 15) is 8.78 Å². The molecule has 0 radical (unpaired) electrons. The Morgan fingerprint density at radius 2 is 1.95 bits per heavy atom. The summed E-state index contributed by atoms with van der Waals surface area (Å²) in [7, 11) is 1.77. The molecule has 0 amide bonds. The number of rotatable bonds is 3. The van der Waals surface area contributed by atoms with E-state index >= 15 is 0 Å². The number of allylic oxidation sites excluding steroid dienone is 1. The maximum Gasteiger partial charge on any atom is 0.142 e. The number of hydrogen-bond acceptors (Lipinski definition) is 1. The molecule has 4 heteroatoms. The molecule has 0 spiro atoms. The molecular formula is C15H18ClF2N. The van der Waals surface area contributed by atoms with Gasteiger partial charge in [0, 0.05) is 5.56 Å². The van der Waals surface area contributed by atoms with E-state index in [2.05, 4.69) is 11.4 Å². The van der Waals surface area contributed by atoms with Crippen LogP contribution in [0.25, 0.3) is 0 Å². The predicted molar refractivity (Wildman–Crippen MR) is 74.3 cm³/mol. The van der Waals surface area contributed by atoms with Gasteiger partial charge in [-0.25, -0.2) is 8.78 Å². The number of benzene rings is 1. The summed E-state index contributed by atoms with van der Waals surface area (Å²) in [6, 6.07) is 1.98. The molecule has 1 aliphatic carbocycles. The largest absolute Gasteiger partial charge is 0.310 e. The van der Waals surface area contributed by atoms with Gasteiger partial charge in [0.05, 0.1) is 11.1 Å². The molecule has 0 heterocycles. The van der Waals surface area contributed by atoms with E-state index in [1.165, 1.54) is 12.5 Å². The highest BCUT2D eigenvalue weighted by Crippen LogP contribution is 2.32. The van der Waals surface area contributed by atoms with Crippen molar-refractivity contribution in [3.05, 3.63) is 46.0 Å². The Kier molecular flexibility index (Phi) is 4.94. The van der Waals surface area contributed by atoms with Crippen LogP contribution in [0.5, 0.6) is 0 Å². The summed E-state index contributed by atoms with van der Waals surface area (Å²) in [5.41, 5.74) is 1.47. The monoisotopic (exact) mass is 285 g/mol. The minimum Gasteiger partial charge on any atom is -0.310 e. The third-order valence-corrected chi connectivity index (χ3v) is 3.88. The standard InChI is InChI=1S/C15H18ClF2N/c1-19-15(10-6-4-2-3-5-7-10)11-8-14(18)12(16)9-13(11)17/h6,8-9,15,19H,2-5,7H2,1H3. The van der Waals surface area contributed by atoms with Crippen LogP contribution in [0.1, 0.15) is 43.7 Å². The van der Waals surface area contributed by atoms with Crippen molar-refractivity contribution in [1.82, 2.24) is 5.32 Å². The second kappa shape index (κ2) is 6.49. The van der Waals surface area contributed by atoms with Crippen LogP contribution in [-0.4, -0.2) is 7.05 Å². The van der Waals surface area contributed by atoms with Gasteiger partial charge in [0.1, 0.15) is 11.6 Å². The zero-order chi connectivity index (χ0) is 13.8. The normalized spacial score (nSPS) is 17.8. The lowest BCUT2D eigenvalue weighted by molar-refractivity contribution is 0.546. The second-order valence-corrected chi connectivity index (χ2v) is 5.30. The van der Waals surface area contributed by atoms with E-state index in [1.807, 2.05) is 0 Å². The topological polar surface area (TPSA) is 12.0 Å². The van der Waals surface area contributed by atoms with Crippen molar-refractivity contribution in [2.75, 3.05) is 7.05 Å². The molecule has 1 N–H and O–H groups in total. The third-order valence-electron chi connectivity index (χ3n) is 3.59. The highest BCUT2D eigenvalue weighted by Gasteiger charge is 2.21. The van der Waals surface area contributed by atoms with Gasteiger partial charge < -0.3 is 5.32 Å². The molecule has 1 aromatic carbocycles. The zero-order valence-corrected chi connectivity index (χ0v) is 11.7. The van der Waals surface area contributed by atoms with Crippen molar-refractivity contribution in [3.8, 4) is 0 Å². The summed E-state index contributed by atoms with van der Waals surface area (Å²) >= 11 is 5.60. The second-order valence-electron chi connectivity index (χ2n) is 4.89. The molecule has 0 fully saturated rings. The first-order valence-electron chi connectivity index (χ1n) is 6.64. The minimum absolute atomic E-state index is 0.175. The SMILES string of the molecule is CNC(C1=CCCCCC1)c1cc(F)c(Cl)cc1F. The van der Waals surface area contributed by atoms with Gasteiger partial charge in [-0.15, -0.1) is 0 Å². The van der Waals surface area contributed by atoms with Gasteiger partial charge in [-0.2, -0.15) is 0 Å². The Morgan fingerprint density at radius 3 is 2.68 bits per heavy atom. The lowest BCUT2D eigenvalue weighted by atomic mass is 9.94. The van der Waals surface area contributed by atoms with Crippen molar-refractivity contribution in [3.63, 3.8) is 0 Å². The summed E-state index contributed by atoms with van der Waals surface area (Å²) in [6.45, 7) is 0. The summed E-state index contributed by atoms with van der Waals surface area (Å²) in [4.78, 5) is 0. The van der Waals surface area contributed by atoms with Gasteiger partial charge in [-0.3, -0.25) is 0 Å². The number of likely N-dealkylation sites (N-methyl/N-ethyl adjacent to an activating group) is 1. The summed E-state index contributed by atoms with van der Waals surface area (Å²) in [5, 5.41) is 2.91. The van der Waals surface area contributed by atoms with Crippen molar-refractivity contribution < 1.29 is 8.78 Å². The Bertz CT molecular complexity index is 485. The average molecular weight is 286 g/mol. The van der Waals surface area contributed by atoms with Crippen LogP contribution in [0, 0.1) is 11.6 Å². The fourth-order valence-electron chi connectivity index (χ4n) is 2.60. The van der Waals surface area contributed by atoms with E-state index in [1.54, 1.807) is 7.05 Å².